The summed E-state index contributed by atoms with van der Waals surface area (Å²) in [5.41, 5.74) is 2.64. The molecule has 0 aliphatic carbocycles. The van der Waals surface area contributed by atoms with Crippen LogP contribution in [0.15, 0.2) is 47.0 Å². The molecule has 3 aromatic rings. The third kappa shape index (κ3) is 3.28. The van der Waals surface area contributed by atoms with Gasteiger partial charge in [0.1, 0.15) is 5.75 Å². The third-order valence-electron chi connectivity index (χ3n) is 4.73. The van der Waals surface area contributed by atoms with E-state index in [1.807, 2.05) is 31.2 Å². The van der Waals surface area contributed by atoms with Gasteiger partial charge in [-0.25, -0.2) is 0 Å². The minimum absolute atomic E-state index is 0.0313. The zero-order valence-electron chi connectivity index (χ0n) is 15.0. The number of rotatable bonds is 4. The highest BCUT2D eigenvalue weighted by molar-refractivity contribution is 6.31. The summed E-state index contributed by atoms with van der Waals surface area (Å²) >= 11 is 6.10. The Bertz CT molecular complexity index is 1000. The first-order valence-corrected chi connectivity index (χ1v) is 8.98. The molecule has 138 valence electrons. The number of ether oxygens (including phenoxy) is 1. The molecular weight excluding hydrogens is 366 g/mol. The van der Waals surface area contributed by atoms with Crippen molar-refractivity contribution in [3.63, 3.8) is 0 Å². The number of benzene rings is 2. The number of hydrogen-bond donors (Lipinski definition) is 0. The second-order valence-electron chi connectivity index (χ2n) is 6.49. The number of carbonyl (C=O) groups is 1. The molecule has 1 fully saturated rings. The molecule has 0 N–H and O–H groups in total. The van der Waals surface area contributed by atoms with Crippen LogP contribution in [0.1, 0.15) is 23.8 Å². The molecule has 0 radical (unpaired) electrons. The van der Waals surface area contributed by atoms with Crippen LogP contribution in [0.2, 0.25) is 5.02 Å². The van der Waals surface area contributed by atoms with Gasteiger partial charge in [-0.15, -0.1) is 0 Å². The summed E-state index contributed by atoms with van der Waals surface area (Å²) in [5.74, 6) is 1.39. The molecule has 1 amide bonds. The number of carbonyl (C=O) groups excluding carboxylic acids is 1. The van der Waals surface area contributed by atoms with Crippen molar-refractivity contribution in [2.24, 2.45) is 0 Å². The number of halogens is 1. The Balaban J connectivity index is 1.60. The van der Waals surface area contributed by atoms with E-state index in [0.717, 1.165) is 11.1 Å². The minimum atomic E-state index is -0.175. The van der Waals surface area contributed by atoms with Crippen LogP contribution >= 0.6 is 11.6 Å². The summed E-state index contributed by atoms with van der Waals surface area (Å²) in [6.07, 6.45) is 0.297. The summed E-state index contributed by atoms with van der Waals surface area (Å²) in [7, 11) is 1.57. The molecule has 0 saturated carbocycles. The molecule has 27 heavy (non-hydrogen) atoms. The molecule has 2 aromatic carbocycles. The number of amides is 1. The van der Waals surface area contributed by atoms with Crippen LogP contribution in [-0.4, -0.2) is 29.7 Å². The summed E-state index contributed by atoms with van der Waals surface area (Å²) < 4.78 is 10.8. The van der Waals surface area contributed by atoms with Gasteiger partial charge in [0.05, 0.1) is 18.7 Å². The van der Waals surface area contributed by atoms with Gasteiger partial charge in [0.25, 0.3) is 0 Å². The molecule has 1 aliphatic heterocycles. The monoisotopic (exact) mass is 383 g/mol. The lowest BCUT2D eigenvalue weighted by Crippen LogP contribution is -2.24. The topological polar surface area (TPSA) is 68.5 Å². The third-order valence-corrected chi connectivity index (χ3v) is 4.97. The van der Waals surface area contributed by atoms with Crippen LogP contribution in [-0.2, 0) is 4.79 Å². The van der Waals surface area contributed by atoms with E-state index in [1.54, 1.807) is 30.2 Å². The van der Waals surface area contributed by atoms with Crippen molar-refractivity contribution in [3.8, 4) is 17.1 Å². The summed E-state index contributed by atoms with van der Waals surface area (Å²) in [5, 5.41) is 4.64. The van der Waals surface area contributed by atoms with Gasteiger partial charge in [-0.1, -0.05) is 41.0 Å². The maximum atomic E-state index is 12.6. The van der Waals surface area contributed by atoms with Crippen molar-refractivity contribution < 1.29 is 14.1 Å². The number of aryl methyl sites for hydroxylation is 1. The van der Waals surface area contributed by atoms with E-state index in [1.165, 1.54) is 0 Å². The van der Waals surface area contributed by atoms with Gasteiger partial charge in [-0.3, -0.25) is 4.79 Å². The first kappa shape index (κ1) is 17.5. The summed E-state index contributed by atoms with van der Waals surface area (Å²) in [6.45, 7) is 2.43. The molecule has 1 aromatic heterocycles. The quantitative estimate of drug-likeness (QED) is 0.674. The molecule has 2 heterocycles. The largest absolute Gasteiger partial charge is 0.495 e. The second kappa shape index (κ2) is 7.04. The molecular formula is C20H18ClN3O3. The highest BCUT2D eigenvalue weighted by Crippen LogP contribution is 2.38. The minimum Gasteiger partial charge on any atom is -0.495 e. The average Bonchev–Trinajstić information content (AvgIpc) is 3.29. The molecule has 0 unspecified atom stereocenters. The maximum Gasteiger partial charge on any atom is 0.232 e. The van der Waals surface area contributed by atoms with E-state index in [0.29, 0.717) is 41.1 Å². The number of anilines is 1. The SMILES string of the molecule is COc1ccc(Cl)cc1N1C[C@H](c2nc(-c3ccccc3C)no2)CC1=O. The number of hydrogen-bond acceptors (Lipinski definition) is 5. The lowest BCUT2D eigenvalue weighted by Gasteiger charge is -2.19. The fourth-order valence-electron chi connectivity index (χ4n) is 3.31. The van der Waals surface area contributed by atoms with Crippen molar-refractivity contribution in [2.45, 2.75) is 19.3 Å². The average molecular weight is 384 g/mol. The zero-order chi connectivity index (χ0) is 19.0. The normalized spacial score (nSPS) is 16.8. The Morgan fingerprint density at radius 2 is 2.07 bits per heavy atom. The lowest BCUT2D eigenvalue weighted by atomic mass is 10.1. The Labute approximate surface area is 161 Å². The zero-order valence-corrected chi connectivity index (χ0v) is 15.7. The van der Waals surface area contributed by atoms with Crippen LogP contribution in [0, 0.1) is 6.92 Å². The first-order chi connectivity index (χ1) is 13.1. The fraction of sp³-hybridized carbons (Fsp3) is 0.250. The van der Waals surface area contributed by atoms with E-state index >= 15 is 0 Å². The molecule has 4 rings (SSSR count). The predicted octanol–water partition coefficient (Wildman–Crippen LogP) is 4.23. The van der Waals surface area contributed by atoms with E-state index in [2.05, 4.69) is 10.1 Å². The van der Waals surface area contributed by atoms with Crippen LogP contribution < -0.4 is 9.64 Å². The van der Waals surface area contributed by atoms with Crippen molar-refractivity contribution in [2.75, 3.05) is 18.6 Å². The van der Waals surface area contributed by atoms with Gasteiger partial charge >= 0.3 is 0 Å². The molecule has 7 heteroatoms. The fourth-order valence-corrected chi connectivity index (χ4v) is 3.48. The molecule has 1 atom stereocenters. The smallest absolute Gasteiger partial charge is 0.232 e. The Hall–Kier alpha value is -2.86. The van der Waals surface area contributed by atoms with E-state index in [9.17, 15) is 4.79 Å². The van der Waals surface area contributed by atoms with E-state index in [-0.39, 0.29) is 11.8 Å². The van der Waals surface area contributed by atoms with Crippen molar-refractivity contribution in [1.29, 1.82) is 0 Å². The van der Waals surface area contributed by atoms with Crippen LogP contribution in [0.4, 0.5) is 5.69 Å². The number of aromatic nitrogens is 2. The highest BCUT2D eigenvalue weighted by Gasteiger charge is 2.36. The van der Waals surface area contributed by atoms with E-state index in [4.69, 9.17) is 20.9 Å². The Morgan fingerprint density at radius 3 is 2.85 bits per heavy atom. The molecule has 1 aliphatic rings. The van der Waals surface area contributed by atoms with E-state index < -0.39 is 0 Å². The van der Waals surface area contributed by atoms with Crippen LogP contribution in [0.5, 0.6) is 5.75 Å². The molecule has 6 nitrogen and oxygen atoms in total. The van der Waals surface area contributed by atoms with Gasteiger partial charge < -0.3 is 14.2 Å². The maximum absolute atomic E-state index is 12.6. The van der Waals surface area contributed by atoms with Crippen molar-refractivity contribution >= 4 is 23.2 Å². The van der Waals surface area contributed by atoms with Gasteiger partial charge in [-0.05, 0) is 30.7 Å². The van der Waals surface area contributed by atoms with Crippen LogP contribution in [0.25, 0.3) is 11.4 Å². The molecule has 1 saturated heterocycles. The summed E-state index contributed by atoms with van der Waals surface area (Å²) in [6, 6.07) is 13.1. The van der Waals surface area contributed by atoms with Crippen LogP contribution in [0.3, 0.4) is 0 Å². The van der Waals surface area contributed by atoms with Crippen molar-refractivity contribution in [3.05, 3.63) is 58.9 Å². The molecule has 0 spiro atoms. The van der Waals surface area contributed by atoms with Gasteiger partial charge in [0.2, 0.25) is 17.6 Å². The molecule has 0 bridgehead atoms. The highest BCUT2D eigenvalue weighted by atomic mass is 35.5. The Morgan fingerprint density at radius 1 is 1.26 bits per heavy atom. The first-order valence-electron chi connectivity index (χ1n) is 8.60. The second-order valence-corrected chi connectivity index (χ2v) is 6.93. The standard InChI is InChI=1S/C20H18ClN3O3/c1-12-5-3-4-6-15(12)19-22-20(27-23-19)13-9-18(25)24(11-13)16-10-14(21)7-8-17(16)26-2/h3-8,10,13H,9,11H2,1-2H3/t13-/m1/s1. The number of methoxy groups -OCH3 is 1. The van der Waals surface area contributed by atoms with Gasteiger partial charge in [0.15, 0.2) is 0 Å². The Kier molecular flexibility index (Phi) is 4.58. The predicted molar refractivity (Wildman–Crippen MR) is 102 cm³/mol. The van der Waals surface area contributed by atoms with Gasteiger partial charge in [-0.2, -0.15) is 4.98 Å². The van der Waals surface area contributed by atoms with Crippen molar-refractivity contribution in [1.82, 2.24) is 10.1 Å². The van der Waals surface area contributed by atoms with Gasteiger partial charge in [0, 0.05) is 23.6 Å². The lowest BCUT2D eigenvalue weighted by molar-refractivity contribution is -0.117. The number of nitrogens with zero attached hydrogens (tertiary/aromatic N) is 3. The summed E-state index contributed by atoms with van der Waals surface area (Å²) in [4.78, 5) is 18.8.